The van der Waals surface area contributed by atoms with Crippen LogP contribution in [0.1, 0.15) is 0 Å². The lowest BCUT2D eigenvalue weighted by atomic mass is 10.2. The van der Waals surface area contributed by atoms with Gasteiger partial charge in [0.1, 0.15) is 28.7 Å². The molecule has 8 aromatic carbocycles. The van der Waals surface area contributed by atoms with Crippen molar-refractivity contribution >= 4 is 31.5 Å². The van der Waals surface area contributed by atoms with Crippen LogP contribution >= 0.6 is 31.5 Å². The molecular weight excluding hydrogens is 916 g/mol. The molecule has 18 heteroatoms. The monoisotopic (exact) mass is 954 g/mol. The standard InChI is InChI=1S/C48H38N4O10P4/c53-42-31-16-18-33-44(42)55-46-35-20-36-47(48(46)56-45-34-19-17-32-43(45)54)62-65(59-39-25-10-3-11-26-39)50-63-49-64(57-37-21-6-1-7-22-37,58-38-23-8-2-9-24-38)51-66(52-65,60-40-27-12-4-13-28-40)61-41-29-14-5-15-30-41/h1-36,53-54H. The number of hydrogen-bond donors (Lipinski definition) is 2. The predicted octanol–water partition coefficient (Wildman–Crippen LogP) is 16.4. The number of benzene rings is 8. The lowest BCUT2D eigenvalue weighted by Crippen LogP contribution is -2.07. The summed E-state index contributed by atoms with van der Waals surface area (Å²) in [5, 5.41) is 21.7. The molecule has 1 heterocycles. The maximum atomic E-state index is 11.0. The van der Waals surface area contributed by atoms with Gasteiger partial charge in [-0.2, -0.15) is 0 Å². The average molecular weight is 955 g/mol. The Morgan fingerprint density at radius 3 is 1.12 bits per heavy atom. The normalized spacial score (nSPS) is 15.9. The van der Waals surface area contributed by atoms with Gasteiger partial charge in [-0.05, 0) is 97.1 Å². The molecule has 1 atom stereocenters. The van der Waals surface area contributed by atoms with Crippen molar-refractivity contribution < 1.29 is 46.8 Å². The molecule has 0 radical (unpaired) electrons. The lowest BCUT2D eigenvalue weighted by molar-refractivity contribution is 0.365. The number of rotatable bonds is 16. The molecule has 0 aliphatic carbocycles. The Hall–Kier alpha value is -7.45. The van der Waals surface area contributed by atoms with Crippen molar-refractivity contribution in [2.45, 2.75) is 0 Å². The lowest BCUT2D eigenvalue weighted by Gasteiger charge is -2.29. The Labute approximate surface area is 382 Å². The van der Waals surface area contributed by atoms with E-state index in [1.54, 1.807) is 152 Å². The van der Waals surface area contributed by atoms with Gasteiger partial charge in [-0.15, -0.1) is 9.03 Å². The third-order valence-electron chi connectivity index (χ3n) is 8.92. The number of nitrogens with zero attached hydrogens (tertiary/aromatic N) is 4. The third-order valence-corrected chi connectivity index (χ3v) is 17.7. The van der Waals surface area contributed by atoms with Crippen LogP contribution in [0.2, 0.25) is 0 Å². The van der Waals surface area contributed by atoms with E-state index in [0.29, 0.717) is 28.7 Å². The zero-order chi connectivity index (χ0) is 45.1. The molecule has 0 bridgehead atoms. The quantitative estimate of drug-likeness (QED) is 0.0891. The molecule has 1 aliphatic heterocycles. The molecule has 8 aromatic rings. The largest absolute Gasteiger partial charge is 0.504 e. The zero-order valence-electron chi connectivity index (χ0n) is 34.5. The summed E-state index contributed by atoms with van der Waals surface area (Å²) < 4.78 is 74.8. The summed E-state index contributed by atoms with van der Waals surface area (Å²) in [6.07, 6.45) is 0. The van der Waals surface area contributed by atoms with E-state index in [4.69, 9.17) is 54.7 Å². The number of hydrogen-bond acceptors (Lipinski definition) is 14. The summed E-state index contributed by atoms with van der Waals surface area (Å²) >= 11 is 0. The van der Waals surface area contributed by atoms with Crippen LogP contribution in [0.5, 0.6) is 69.0 Å². The van der Waals surface area contributed by atoms with Gasteiger partial charge in [-0.25, -0.2) is 0 Å². The van der Waals surface area contributed by atoms with Gasteiger partial charge in [0.05, 0.1) is 0 Å². The van der Waals surface area contributed by atoms with Crippen molar-refractivity contribution in [2.75, 3.05) is 0 Å². The van der Waals surface area contributed by atoms with Gasteiger partial charge in [0.2, 0.25) is 5.75 Å². The van der Waals surface area contributed by atoms with E-state index in [0.717, 1.165) is 0 Å². The molecule has 1 unspecified atom stereocenters. The molecule has 0 amide bonds. The number of para-hydroxylation sites is 10. The smallest absolute Gasteiger partial charge is 0.460 e. The minimum atomic E-state index is -4.35. The van der Waals surface area contributed by atoms with Crippen molar-refractivity contribution in [1.82, 2.24) is 0 Å². The zero-order valence-corrected chi connectivity index (χ0v) is 38.1. The molecule has 2 N–H and O–H groups in total. The van der Waals surface area contributed by atoms with Crippen LogP contribution in [0.15, 0.2) is 236 Å². The number of phenols is 2. The summed E-state index contributed by atoms with van der Waals surface area (Å²) in [6, 6.07) is 62.4. The molecule has 9 rings (SSSR count). The van der Waals surface area contributed by atoms with Crippen LogP contribution in [-0.2, 0) is 0 Å². The summed E-state index contributed by atoms with van der Waals surface area (Å²) in [6.45, 7) is 0. The summed E-state index contributed by atoms with van der Waals surface area (Å²) in [5.74, 6) is 1.70. The summed E-state index contributed by atoms with van der Waals surface area (Å²) in [4.78, 5) is 0. The van der Waals surface area contributed by atoms with Crippen LogP contribution in [0.3, 0.4) is 0 Å². The highest BCUT2D eigenvalue weighted by molar-refractivity contribution is 7.75. The van der Waals surface area contributed by atoms with Crippen LogP contribution in [0.4, 0.5) is 0 Å². The minimum Gasteiger partial charge on any atom is -0.504 e. The highest BCUT2D eigenvalue weighted by atomic mass is 31.3. The van der Waals surface area contributed by atoms with Crippen molar-refractivity contribution in [2.24, 2.45) is 18.1 Å². The number of ether oxygens (including phenoxy) is 2. The molecular formula is C48H38N4O10P4. The number of phenolic OH excluding ortho intramolecular Hbond substituents is 2. The first-order valence-electron chi connectivity index (χ1n) is 20.1. The second-order valence-corrected chi connectivity index (χ2v) is 20.8. The van der Waals surface area contributed by atoms with Crippen molar-refractivity contribution in [3.8, 4) is 69.0 Å². The molecule has 0 aromatic heterocycles. The van der Waals surface area contributed by atoms with Gasteiger partial charge < -0.3 is 46.8 Å². The Morgan fingerprint density at radius 1 is 0.318 bits per heavy atom. The van der Waals surface area contributed by atoms with Crippen LogP contribution in [-0.4, -0.2) is 10.2 Å². The fourth-order valence-corrected chi connectivity index (χ4v) is 15.2. The van der Waals surface area contributed by atoms with Gasteiger partial charge in [0.15, 0.2) is 43.0 Å². The van der Waals surface area contributed by atoms with Gasteiger partial charge in [-0.1, -0.05) is 130 Å². The SMILES string of the molecule is Oc1ccccc1Oc1cccc(OP2(Oc3ccccc3)=NP=NP(Oc3ccccc3)(Oc3ccccc3)=NP(Oc3ccccc3)(Oc3ccccc3)=N2)c1Oc1ccccc1O. The van der Waals surface area contributed by atoms with E-state index >= 15 is 0 Å². The van der Waals surface area contributed by atoms with Gasteiger partial charge in [-0.3, -0.25) is 0 Å². The predicted molar refractivity (Wildman–Crippen MR) is 256 cm³/mol. The summed E-state index contributed by atoms with van der Waals surface area (Å²) in [5.41, 5.74) is 0. The Balaban J connectivity index is 1.33. The minimum absolute atomic E-state index is 0.00151. The van der Waals surface area contributed by atoms with E-state index in [1.807, 2.05) is 54.6 Å². The second kappa shape index (κ2) is 20.2. The molecule has 0 saturated carbocycles. The Morgan fingerprint density at radius 2 is 0.667 bits per heavy atom. The van der Waals surface area contributed by atoms with Crippen LogP contribution in [0.25, 0.3) is 0 Å². The van der Waals surface area contributed by atoms with E-state index in [9.17, 15) is 10.2 Å². The summed E-state index contributed by atoms with van der Waals surface area (Å²) in [7, 11) is -12.6. The molecule has 0 fully saturated rings. The second-order valence-electron chi connectivity index (χ2n) is 13.8. The maximum absolute atomic E-state index is 11.0. The van der Waals surface area contributed by atoms with E-state index < -0.39 is 23.0 Å². The Kier molecular flexibility index (Phi) is 13.4. The van der Waals surface area contributed by atoms with Gasteiger partial charge >= 0.3 is 23.0 Å². The average Bonchev–Trinajstić information content (AvgIpc) is 3.32. The number of aromatic hydroxyl groups is 2. The molecule has 1 aliphatic rings. The van der Waals surface area contributed by atoms with Gasteiger partial charge in [0.25, 0.3) is 0 Å². The fraction of sp³-hybridized carbons (Fsp3) is 0. The first-order valence-corrected chi connectivity index (χ1v) is 25.5. The first kappa shape index (κ1) is 43.8. The maximum Gasteiger partial charge on any atom is 0.460 e. The Bertz CT molecular complexity index is 3030. The van der Waals surface area contributed by atoms with Gasteiger partial charge in [0, 0.05) is 0 Å². The third kappa shape index (κ3) is 10.9. The molecule has 14 nitrogen and oxygen atoms in total. The van der Waals surface area contributed by atoms with Crippen LogP contribution in [0, 0.1) is 0 Å². The van der Waals surface area contributed by atoms with Crippen LogP contribution < -0.4 is 36.6 Å². The van der Waals surface area contributed by atoms with Crippen molar-refractivity contribution in [3.63, 3.8) is 0 Å². The van der Waals surface area contributed by atoms with Crippen molar-refractivity contribution in [1.29, 1.82) is 0 Å². The topological polar surface area (TPSA) is 164 Å². The molecule has 0 spiro atoms. The van der Waals surface area contributed by atoms with Crippen molar-refractivity contribution in [3.05, 3.63) is 218 Å². The van der Waals surface area contributed by atoms with E-state index in [2.05, 4.69) is 0 Å². The van der Waals surface area contributed by atoms with E-state index in [1.165, 1.54) is 12.1 Å². The highest BCUT2D eigenvalue weighted by Gasteiger charge is 2.44. The van der Waals surface area contributed by atoms with E-state index in [-0.39, 0.29) is 48.8 Å². The molecule has 330 valence electrons. The highest BCUT2D eigenvalue weighted by Crippen LogP contribution is 2.74. The first-order chi connectivity index (χ1) is 32.3. The fourth-order valence-electron chi connectivity index (χ4n) is 6.02. The molecule has 66 heavy (non-hydrogen) atoms. The molecule has 0 saturated heterocycles.